The van der Waals surface area contributed by atoms with E-state index in [4.69, 9.17) is 11.6 Å². The first kappa shape index (κ1) is 10.2. The van der Waals surface area contributed by atoms with Crippen LogP contribution in [0.15, 0.2) is 24.3 Å². The summed E-state index contributed by atoms with van der Waals surface area (Å²) in [5, 5.41) is -0.453. The second-order valence-corrected chi connectivity index (χ2v) is 3.39. The number of hydrogen-bond donors (Lipinski definition) is 0. The number of allylic oxidation sites excluding steroid dienone is 1. The highest BCUT2D eigenvalue weighted by atomic mass is 35.5. The summed E-state index contributed by atoms with van der Waals surface area (Å²) >= 11 is 5.31. The molecule has 0 radical (unpaired) electrons. The van der Waals surface area contributed by atoms with E-state index in [0.29, 0.717) is 12.0 Å². The summed E-state index contributed by atoms with van der Waals surface area (Å²) in [5.74, 6) is -1.45. The molecule has 0 N–H and O–H groups in total. The van der Waals surface area contributed by atoms with Crippen LogP contribution in [0.3, 0.4) is 0 Å². The molecule has 13 heavy (non-hydrogen) atoms. The van der Waals surface area contributed by atoms with Crippen molar-refractivity contribution in [3.63, 3.8) is 0 Å². The Morgan fingerprint density at radius 3 is 2.23 bits per heavy atom. The SMILES string of the molecule is C=C(C)Cc1cc(F)c(Cl)c(F)c1. The van der Waals surface area contributed by atoms with Crippen molar-refractivity contribution in [3.8, 4) is 0 Å². The summed E-state index contributed by atoms with van der Waals surface area (Å²) in [6.07, 6.45) is 0.463. The van der Waals surface area contributed by atoms with Crippen LogP contribution in [0.25, 0.3) is 0 Å². The first-order chi connectivity index (χ1) is 6.00. The summed E-state index contributed by atoms with van der Waals surface area (Å²) in [6, 6.07) is 2.44. The van der Waals surface area contributed by atoms with Gasteiger partial charge in [0.15, 0.2) is 0 Å². The first-order valence-corrected chi connectivity index (χ1v) is 4.16. The zero-order valence-corrected chi connectivity index (χ0v) is 7.96. The fourth-order valence-corrected chi connectivity index (χ4v) is 1.17. The van der Waals surface area contributed by atoms with Gasteiger partial charge in [0.2, 0.25) is 0 Å². The van der Waals surface area contributed by atoms with Crippen LogP contribution in [0, 0.1) is 11.6 Å². The van der Waals surface area contributed by atoms with Gasteiger partial charge in [-0.3, -0.25) is 0 Å². The molecule has 0 aliphatic carbocycles. The number of hydrogen-bond acceptors (Lipinski definition) is 0. The van der Waals surface area contributed by atoms with Gasteiger partial charge in [-0.05, 0) is 31.0 Å². The summed E-state index contributed by atoms with van der Waals surface area (Å²) < 4.78 is 25.8. The molecule has 0 aliphatic rings. The maximum atomic E-state index is 12.9. The van der Waals surface area contributed by atoms with E-state index < -0.39 is 16.7 Å². The third-order valence-electron chi connectivity index (χ3n) is 1.55. The van der Waals surface area contributed by atoms with Gasteiger partial charge in [-0.2, -0.15) is 0 Å². The van der Waals surface area contributed by atoms with Crippen molar-refractivity contribution in [3.05, 3.63) is 46.5 Å². The molecule has 70 valence electrons. The lowest BCUT2D eigenvalue weighted by molar-refractivity contribution is 0.581. The van der Waals surface area contributed by atoms with Crippen molar-refractivity contribution in [2.45, 2.75) is 13.3 Å². The first-order valence-electron chi connectivity index (χ1n) is 3.78. The molecule has 1 rings (SSSR count). The van der Waals surface area contributed by atoms with E-state index >= 15 is 0 Å². The van der Waals surface area contributed by atoms with Gasteiger partial charge >= 0.3 is 0 Å². The summed E-state index contributed by atoms with van der Waals surface area (Å²) in [6.45, 7) is 5.45. The molecule has 0 atom stereocenters. The standard InChI is InChI=1S/C10H9ClF2/c1-6(2)3-7-4-8(12)10(11)9(13)5-7/h4-5H,1,3H2,2H3. The van der Waals surface area contributed by atoms with Crippen molar-refractivity contribution in [2.24, 2.45) is 0 Å². The van der Waals surface area contributed by atoms with Crippen LogP contribution < -0.4 is 0 Å². The highest BCUT2D eigenvalue weighted by Gasteiger charge is 2.08. The molecule has 0 saturated carbocycles. The Kier molecular flexibility index (Phi) is 3.04. The third kappa shape index (κ3) is 2.52. The van der Waals surface area contributed by atoms with E-state index in [1.807, 2.05) is 0 Å². The Bertz CT molecular complexity index is 322. The van der Waals surface area contributed by atoms with E-state index in [2.05, 4.69) is 6.58 Å². The average molecular weight is 203 g/mol. The molecule has 1 aromatic carbocycles. The van der Waals surface area contributed by atoms with Gasteiger partial charge in [0.1, 0.15) is 16.7 Å². The van der Waals surface area contributed by atoms with Crippen LogP contribution in [-0.4, -0.2) is 0 Å². The maximum Gasteiger partial charge on any atom is 0.145 e. The Hall–Kier alpha value is -0.890. The predicted octanol–water partition coefficient (Wildman–Crippen LogP) is 3.74. The lowest BCUT2D eigenvalue weighted by atomic mass is 10.1. The smallest absolute Gasteiger partial charge is 0.145 e. The molecule has 0 aliphatic heterocycles. The van der Waals surface area contributed by atoms with Crippen LogP contribution in [0.1, 0.15) is 12.5 Å². The third-order valence-corrected chi connectivity index (χ3v) is 1.91. The van der Waals surface area contributed by atoms with E-state index in [0.717, 1.165) is 5.57 Å². The fraction of sp³-hybridized carbons (Fsp3) is 0.200. The second kappa shape index (κ2) is 3.88. The van der Waals surface area contributed by atoms with E-state index in [9.17, 15) is 8.78 Å². The van der Waals surface area contributed by atoms with Gasteiger partial charge in [-0.25, -0.2) is 8.78 Å². The summed E-state index contributed by atoms with van der Waals surface area (Å²) in [4.78, 5) is 0. The van der Waals surface area contributed by atoms with Gasteiger partial charge in [0, 0.05) is 0 Å². The lowest BCUT2D eigenvalue weighted by Gasteiger charge is -2.02. The van der Waals surface area contributed by atoms with Crippen LogP contribution in [-0.2, 0) is 6.42 Å². The quantitative estimate of drug-likeness (QED) is 0.506. The minimum atomic E-state index is -0.724. The van der Waals surface area contributed by atoms with Crippen molar-refractivity contribution in [2.75, 3.05) is 0 Å². The molecular formula is C10H9ClF2. The van der Waals surface area contributed by atoms with Crippen molar-refractivity contribution in [1.82, 2.24) is 0 Å². The van der Waals surface area contributed by atoms with Crippen LogP contribution >= 0.6 is 11.6 Å². The molecule has 0 nitrogen and oxygen atoms in total. The fourth-order valence-electron chi connectivity index (χ4n) is 1.06. The van der Waals surface area contributed by atoms with Crippen molar-refractivity contribution in [1.29, 1.82) is 0 Å². The van der Waals surface area contributed by atoms with Gasteiger partial charge in [0.05, 0.1) is 0 Å². The van der Waals surface area contributed by atoms with Gasteiger partial charge in [-0.15, -0.1) is 0 Å². The largest absolute Gasteiger partial charge is 0.205 e. The molecule has 0 amide bonds. The van der Waals surface area contributed by atoms with Gasteiger partial charge in [-0.1, -0.05) is 23.8 Å². The molecule has 0 unspecified atom stereocenters. The van der Waals surface area contributed by atoms with Gasteiger partial charge < -0.3 is 0 Å². The zero-order valence-electron chi connectivity index (χ0n) is 7.20. The van der Waals surface area contributed by atoms with Crippen molar-refractivity contribution < 1.29 is 8.78 Å². The highest BCUT2D eigenvalue weighted by molar-refractivity contribution is 6.30. The topological polar surface area (TPSA) is 0 Å². The minimum Gasteiger partial charge on any atom is -0.205 e. The Balaban J connectivity index is 3.06. The monoisotopic (exact) mass is 202 g/mol. The molecule has 1 aromatic rings. The van der Waals surface area contributed by atoms with Gasteiger partial charge in [0.25, 0.3) is 0 Å². The second-order valence-electron chi connectivity index (χ2n) is 3.01. The Labute approximate surface area is 80.8 Å². The number of rotatable bonds is 2. The lowest BCUT2D eigenvalue weighted by Crippen LogP contribution is -1.91. The molecule has 0 fully saturated rings. The van der Waals surface area contributed by atoms with Crippen LogP contribution in [0.2, 0.25) is 5.02 Å². The van der Waals surface area contributed by atoms with Crippen LogP contribution in [0.4, 0.5) is 8.78 Å². The highest BCUT2D eigenvalue weighted by Crippen LogP contribution is 2.21. The minimum absolute atomic E-state index is 0.453. The zero-order chi connectivity index (χ0) is 10.0. The predicted molar refractivity (Wildman–Crippen MR) is 49.9 cm³/mol. The van der Waals surface area contributed by atoms with Crippen molar-refractivity contribution >= 4 is 11.6 Å². The molecule has 0 bridgehead atoms. The molecule has 0 spiro atoms. The van der Waals surface area contributed by atoms with E-state index in [-0.39, 0.29) is 0 Å². The molecule has 3 heteroatoms. The summed E-state index contributed by atoms with van der Waals surface area (Å²) in [7, 11) is 0. The Morgan fingerprint density at radius 1 is 1.38 bits per heavy atom. The molecular weight excluding hydrogens is 194 g/mol. The Morgan fingerprint density at radius 2 is 1.85 bits per heavy atom. The van der Waals surface area contributed by atoms with E-state index in [1.165, 1.54) is 12.1 Å². The normalized spacial score (nSPS) is 10.2. The molecule has 0 saturated heterocycles. The maximum absolute atomic E-state index is 12.9. The number of halogens is 3. The molecule has 0 heterocycles. The van der Waals surface area contributed by atoms with E-state index in [1.54, 1.807) is 6.92 Å². The van der Waals surface area contributed by atoms with Crippen LogP contribution in [0.5, 0.6) is 0 Å². The molecule has 0 aromatic heterocycles. The summed E-state index contributed by atoms with van der Waals surface area (Å²) in [5.41, 5.74) is 1.40. The average Bonchev–Trinajstić information content (AvgIpc) is 1.98. The number of benzene rings is 1.